The van der Waals surface area contributed by atoms with E-state index in [2.05, 4.69) is 0 Å². The first-order valence-corrected chi connectivity index (χ1v) is 5.68. The molecular weight excluding hydrogens is 207 g/mol. The van der Waals surface area contributed by atoms with Gasteiger partial charge in [-0.25, -0.2) is 0 Å². The van der Waals surface area contributed by atoms with Gasteiger partial charge in [0.15, 0.2) is 5.78 Å². The molecule has 0 aromatic heterocycles. The number of aryl methyl sites for hydroxylation is 1. The van der Waals surface area contributed by atoms with E-state index in [9.17, 15) is 4.79 Å². The molecule has 0 N–H and O–H groups in total. The average molecular weight is 220 g/mol. The van der Waals surface area contributed by atoms with Crippen molar-refractivity contribution in [1.29, 1.82) is 0 Å². The summed E-state index contributed by atoms with van der Waals surface area (Å²) in [5, 5.41) is 0. The highest BCUT2D eigenvalue weighted by molar-refractivity contribution is 6.32. The van der Waals surface area contributed by atoms with Crippen LogP contribution in [0.2, 0.25) is 0 Å². The van der Waals surface area contributed by atoms with Gasteiger partial charge >= 0.3 is 0 Å². The van der Waals surface area contributed by atoms with Gasteiger partial charge in [-0.1, -0.05) is 60.1 Å². The van der Waals surface area contributed by atoms with Crippen molar-refractivity contribution in [2.24, 2.45) is 0 Å². The van der Waals surface area contributed by atoms with Crippen molar-refractivity contribution in [2.75, 3.05) is 0 Å². The average Bonchev–Trinajstić information content (AvgIpc) is 2.38. The smallest absolute Gasteiger partial charge is 0.163 e. The Morgan fingerprint density at radius 1 is 0.941 bits per heavy atom. The van der Waals surface area contributed by atoms with Crippen molar-refractivity contribution >= 4 is 19.1 Å². The van der Waals surface area contributed by atoms with Crippen LogP contribution in [0.3, 0.4) is 0 Å². The lowest BCUT2D eigenvalue weighted by Crippen LogP contribution is -2.05. The molecule has 0 unspecified atom stereocenters. The van der Waals surface area contributed by atoms with Crippen molar-refractivity contribution in [3.8, 4) is 0 Å². The summed E-state index contributed by atoms with van der Waals surface area (Å²) in [7, 11) is 5.58. The molecule has 0 atom stereocenters. The molecule has 0 aliphatic rings. The molecule has 2 heteroatoms. The lowest BCUT2D eigenvalue weighted by Gasteiger charge is -2.02. The van der Waals surface area contributed by atoms with E-state index in [4.69, 9.17) is 7.85 Å². The molecule has 0 bridgehead atoms. The number of hydrogen-bond acceptors (Lipinski definition) is 1. The summed E-state index contributed by atoms with van der Waals surface area (Å²) >= 11 is 0. The molecule has 0 saturated carbocycles. The minimum atomic E-state index is 0.161. The Morgan fingerprint density at radius 3 is 2.24 bits per heavy atom. The topological polar surface area (TPSA) is 17.1 Å². The molecule has 0 aliphatic heterocycles. The molecule has 2 aromatic rings. The minimum absolute atomic E-state index is 0.161. The molecule has 0 saturated heterocycles. The predicted octanol–water partition coefficient (Wildman–Crippen LogP) is 2.30. The van der Waals surface area contributed by atoms with Crippen molar-refractivity contribution in [3.05, 3.63) is 65.7 Å². The highest BCUT2D eigenvalue weighted by Gasteiger charge is 2.05. The Labute approximate surface area is 103 Å². The number of Topliss-reactive ketones (excluding diaryl/α,β-unsaturated/α-hetero) is 1. The summed E-state index contributed by atoms with van der Waals surface area (Å²) in [6, 6.07) is 17.1. The van der Waals surface area contributed by atoms with E-state index in [-0.39, 0.29) is 5.78 Å². The van der Waals surface area contributed by atoms with E-state index >= 15 is 0 Å². The van der Waals surface area contributed by atoms with Gasteiger partial charge in [-0.3, -0.25) is 4.79 Å². The molecule has 82 valence electrons. The molecule has 2 rings (SSSR count). The molecule has 0 heterocycles. The third-order valence-corrected chi connectivity index (χ3v) is 2.72. The second-order valence-corrected chi connectivity index (χ2v) is 4.03. The SMILES string of the molecule is [B]c1ccc(C(=O)CCc2ccccc2)cc1. The molecule has 17 heavy (non-hydrogen) atoms. The molecule has 1 nitrogen and oxygen atoms in total. The van der Waals surface area contributed by atoms with Crippen molar-refractivity contribution in [3.63, 3.8) is 0 Å². The predicted molar refractivity (Wildman–Crippen MR) is 70.9 cm³/mol. The maximum atomic E-state index is 11.9. The van der Waals surface area contributed by atoms with Crippen LogP contribution in [0, 0.1) is 0 Å². The van der Waals surface area contributed by atoms with E-state index in [1.54, 1.807) is 24.3 Å². The summed E-state index contributed by atoms with van der Waals surface area (Å²) in [5.74, 6) is 0.161. The Kier molecular flexibility index (Phi) is 3.76. The number of carbonyl (C=O) groups excluding carboxylic acids is 1. The van der Waals surface area contributed by atoms with E-state index in [1.165, 1.54) is 5.56 Å². The van der Waals surface area contributed by atoms with Gasteiger partial charge in [-0.2, -0.15) is 0 Å². The van der Waals surface area contributed by atoms with Crippen LogP contribution in [0.25, 0.3) is 0 Å². The van der Waals surface area contributed by atoms with E-state index in [0.717, 1.165) is 12.0 Å². The van der Waals surface area contributed by atoms with E-state index < -0.39 is 0 Å². The van der Waals surface area contributed by atoms with Gasteiger partial charge in [0, 0.05) is 12.0 Å². The zero-order chi connectivity index (χ0) is 12.1. The van der Waals surface area contributed by atoms with Gasteiger partial charge < -0.3 is 0 Å². The van der Waals surface area contributed by atoms with Gasteiger partial charge in [-0.15, -0.1) is 0 Å². The highest BCUT2D eigenvalue weighted by atomic mass is 16.1. The molecule has 0 spiro atoms. The lowest BCUT2D eigenvalue weighted by molar-refractivity contribution is 0.0983. The summed E-state index contributed by atoms with van der Waals surface area (Å²) in [4.78, 5) is 11.9. The summed E-state index contributed by atoms with van der Waals surface area (Å²) in [6.45, 7) is 0. The van der Waals surface area contributed by atoms with Crippen LogP contribution in [0.5, 0.6) is 0 Å². The van der Waals surface area contributed by atoms with Crippen LogP contribution in [0.1, 0.15) is 22.3 Å². The summed E-state index contributed by atoms with van der Waals surface area (Å²) in [5.41, 5.74) is 2.61. The molecule has 0 aliphatic carbocycles. The fourth-order valence-electron chi connectivity index (χ4n) is 1.72. The zero-order valence-electron chi connectivity index (χ0n) is 9.60. The van der Waals surface area contributed by atoms with Gasteiger partial charge in [0.25, 0.3) is 0 Å². The van der Waals surface area contributed by atoms with Crippen LogP contribution in [0.15, 0.2) is 54.6 Å². The minimum Gasteiger partial charge on any atom is -0.294 e. The van der Waals surface area contributed by atoms with E-state index in [0.29, 0.717) is 11.9 Å². The Balaban J connectivity index is 1.96. The Morgan fingerprint density at radius 2 is 1.59 bits per heavy atom. The van der Waals surface area contributed by atoms with Crippen LogP contribution >= 0.6 is 0 Å². The van der Waals surface area contributed by atoms with Crippen molar-refractivity contribution < 1.29 is 4.79 Å². The van der Waals surface area contributed by atoms with Crippen molar-refractivity contribution in [2.45, 2.75) is 12.8 Å². The third-order valence-electron chi connectivity index (χ3n) is 2.72. The zero-order valence-corrected chi connectivity index (χ0v) is 9.60. The van der Waals surface area contributed by atoms with Gasteiger partial charge in [-0.05, 0) is 12.0 Å². The van der Waals surface area contributed by atoms with Crippen LogP contribution in [-0.4, -0.2) is 13.6 Å². The summed E-state index contributed by atoms with van der Waals surface area (Å²) < 4.78 is 0. The summed E-state index contributed by atoms with van der Waals surface area (Å²) in [6.07, 6.45) is 1.32. The fourth-order valence-corrected chi connectivity index (χ4v) is 1.72. The normalized spacial score (nSPS) is 10.1. The number of hydrogen-bond donors (Lipinski definition) is 0. The Hall–Kier alpha value is -1.83. The lowest BCUT2D eigenvalue weighted by atomic mass is 9.94. The quantitative estimate of drug-likeness (QED) is 0.570. The molecule has 0 amide bonds. The number of ketones is 1. The first-order chi connectivity index (χ1) is 8.25. The highest BCUT2D eigenvalue weighted by Crippen LogP contribution is 2.07. The maximum absolute atomic E-state index is 11.9. The second-order valence-electron chi connectivity index (χ2n) is 4.03. The van der Waals surface area contributed by atoms with Crippen LogP contribution in [-0.2, 0) is 6.42 Å². The number of benzene rings is 2. The fraction of sp³-hybridized carbons (Fsp3) is 0.133. The maximum Gasteiger partial charge on any atom is 0.163 e. The Bertz CT molecular complexity index is 488. The van der Waals surface area contributed by atoms with E-state index in [1.807, 2.05) is 30.3 Å². The van der Waals surface area contributed by atoms with Gasteiger partial charge in [0.05, 0.1) is 0 Å². The molecule has 2 aromatic carbocycles. The monoisotopic (exact) mass is 220 g/mol. The number of rotatable bonds is 4. The number of carbonyl (C=O) groups is 1. The van der Waals surface area contributed by atoms with Crippen LogP contribution in [0.4, 0.5) is 0 Å². The van der Waals surface area contributed by atoms with Crippen LogP contribution < -0.4 is 5.46 Å². The molecular formula is C15H13BO. The molecule has 2 radical (unpaired) electrons. The standard InChI is InChI=1S/C15H13BO/c16-14-9-7-13(8-10-14)15(17)11-6-12-4-2-1-3-5-12/h1-5,7-10H,6,11H2. The van der Waals surface area contributed by atoms with Gasteiger partial charge in [0.1, 0.15) is 7.85 Å². The second kappa shape index (κ2) is 5.49. The largest absolute Gasteiger partial charge is 0.294 e. The first kappa shape index (κ1) is 11.7. The first-order valence-electron chi connectivity index (χ1n) is 5.68. The third kappa shape index (κ3) is 3.32. The van der Waals surface area contributed by atoms with Gasteiger partial charge in [0.2, 0.25) is 0 Å². The molecule has 0 fully saturated rings. The van der Waals surface area contributed by atoms with Crippen molar-refractivity contribution in [1.82, 2.24) is 0 Å².